The van der Waals surface area contributed by atoms with Gasteiger partial charge in [0.25, 0.3) is 0 Å². The number of hydrogen-bond acceptors (Lipinski definition) is 4. The van der Waals surface area contributed by atoms with Crippen molar-refractivity contribution in [2.75, 3.05) is 11.1 Å². The van der Waals surface area contributed by atoms with E-state index in [9.17, 15) is 5.11 Å². The van der Waals surface area contributed by atoms with Crippen LogP contribution in [0.3, 0.4) is 0 Å². The van der Waals surface area contributed by atoms with Crippen molar-refractivity contribution < 1.29 is 5.11 Å². The summed E-state index contributed by atoms with van der Waals surface area (Å²) in [5, 5.41) is 14.7. The van der Waals surface area contributed by atoms with Crippen molar-refractivity contribution in [1.82, 2.24) is 4.98 Å². The first-order valence-electron chi connectivity index (χ1n) is 7.74. The van der Waals surface area contributed by atoms with E-state index in [2.05, 4.69) is 29.4 Å². The van der Waals surface area contributed by atoms with Gasteiger partial charge < -0.3 is 10.4 Å². The van der Waals surface area contributed by atoms with Crippen molar-refractivity contribution >= 4 is 34.0 Å². The quantitative estimate of drug-likeness (QED) is 0.701. The number of benzene rings is 2. The lowest BCUT2D eigenvalue weighted by Gasteiger charge is -2.15. The molecule has 0 bridgehead atoms. The Morgan fingerprint density at radius 2 is 2.00 bits per heavy atom. The van der Waals surface area contributed by atoms with Gasteiger partial charge in [0.05, 0.1) is 11.2 Å². The number of rotatable bonds is 2. The van der Waals surface area contributed by atoms with Crippen LogP contribution in [0.2, 0.25) is 0 Å². The normalized spacial score (nSPS) is 13.3. The zero-order valence-corrected chi connectivity index (χ0v) is 14.0. The highest BCUT2D eigenvalue weighted by Gasteiger charge is 2.18. The molecule has 4 rings (SSSR count). The second-order valence-electron chi connectivity index (χ2n) is 5.98. The Hall–Kier alpha value is -2.20. The minimum absolute atomic E-state index is 0.312. The molecule has 0 radical (unpaired) electrons. The molecule has 4 heteroatoms. The van der Waals surface area contributed by atoms with Crippen LogP contribution >= 0.6 is 11.8 Å². The Morgan fingerprint density at radius 3 is 2.83 bits per heavy atom. The first kappa shape index (κ1) is 14.4. The van der Waals surface area contributed by atoms with Crippen LogP contribution in [0.15, 0.2) is 41.4 Å². The Balaban J connectivity index is 1.90. The van der Waals surface area contributed by atoms with E-state index in [0.29, 0.717) is 5.75 Å². The molecule has 2 N–H and O–H groups in total. The Labute approximate surface area is 139 Å². The van der Waals surface area contributed by atoms with E-state index in [1.807, 2.05) is 37.0 Å². The van der Waals surface area contributed by atoms with Gasteiger partial charge in [-0.25, -0.2) is 0 Å². The zero-order chi connectivity index (χ0) is 16.0. The van der Waals surface area contributed by atoms with Crippen molar-refractivity contribution in [3.63, 3.8) is 0 Å². The number of anilines is 2. The Kier molecular flexibility index (Phi) is 3.42. The highest BCUT2D eigenvalue weighted by Crippen LogP contribution is 2.40. The Morgan fingerprint density at radius 1 is 1.13 bits per heavy atom. The van der Waals surface area contributed by atoms with E-state index >= 15 is 0 Å². The molecule has 3 aromatic rings. The SMILES string of the molecule is Cc1ccc(Nc2c(C)cnc3ccc4c(c23)CCS4)cc1O. The molecule has 0 fully saturated rings. The van der Waals surface area contributed by atoms with Gasteiger partial charge in [0, 0.05) is 34.0 Å². The topological polar surface area (TPSA) is 45.2 Å². The van der Waals surface area contributed by atoms with E-state index < -0.39 is 0 Å². The van der Waals surface area contributed by atoms with E-state index in [4.69, 9.17) is 0 Å². The third-order valence-corrected chi connectivity index (χ3v) is 5.48. The van der Waals surface area contributed by atoms with Gasteiger partial charge in [0.1, 0.15) is 5.75 Å². The van der Waals surface area contributed by atoms with Gasteiger partial charge in [-0.2, -0.15) is 0 Å². The van der Waals surface area contributed by atoms with Crippen molar-refractivity contribution in [1.29, 1.82) is 0 Å². The maximum absolute atomic E-state index is 9.96. The standard InChI is InChI=1S/C19H18N2OS/c1-11-3-4-13(9-16(11)22)21-19-12(2)10-20-15-5-6-17-14(18(15)19)7-8-23-17/h3-6,9-10,22H,7-8H2,1-2H3,(H,20,21). The van der Waals surface area contributed by atoms with Crippen LogP contribution < -0.4 is 5.32 Å². The fourth-order valence-electron chi connectivity index (χ4n) is 3.07. The van der Waals surface area contributed by atoms with E-state index in [-0.39, 0.29) is 0 Å². The minimum Gasteiger partial charge on any atom is -0.508 e. The predicted octanol–water partition coefficient (Wildman–Crippen LogP) is 4.95. The number of aromatic nitrogens is 1. The summed E-state index contributed by atoms with van der Waals surface area (Å²) >= 11 is 1.91. The van der Waals surface area contributed by atoms with E-state index in [1.165, 1.54) is 15.8 Å². The highest BCUT2D eigenvalue weighted by atomic mass is 32.2. The van der Waals surface area contributed by atoms with Gasteiger partial charge in [0.2, 0.25) is 0 Å². The summed E-state index contributed by atoms with van der Waals surface area (Å²) < 4.78 is 0. The average Bonchev–Trinajstić information content (AvgIpc) is 3.02. The molecule has 1 aliphatic rings. The molecule has 1 aromatic heterocycles. The molecule has 0 saturated heterocycles. The summed E-state index contributed by atoms with van der Waals surface area (Å²) in [6, 6.07) is 9.98. The van der Waals surface area contributed by atoms with Gasteiger partial charge >= 0.3 is 0 Å². The summed E-state index contributed by atoms with van der Waals surface area (Å²) in [5.74, 6) is 1.44. The van der Waals surface area contributed by atoms with Crippen LogP contribution in [0.1, 0.15) is 16.7 Å². The van der Waals surface area contributed by atoms with Gasteiger partial charge in [0.15, 0.2) is 0 Å². The van der Waals surface area contributed by atoms with E-state index in [1.54, 1.807) is 6.07 Å². The molecular weight excluding hydrogens is 304 g/mol. The minimum atomic E-state index is 0.312. The molecule has 0 saturated carbocycles. The second-order valence-corrected chi connectivity index (χ2v) is 7.11. The summed E-state index contributed by atoms with van der Waals surface area (Å²) in [6.45, 7) is 3.97. The first-order chi connectivity index (χ1) is 11.1. The maximum atomic E-state index is 9.96. The van der Waals surface area contributed by atoms with Crippen LogP contribution in [0.4, 0.5) is 11.4 Å². The monoisotopic (exact) mass is 322 g/mol. The lowest BCUT2D eigenvalue weighted by molar-refractivity contribution is 0.471. The zero-order valence-electron chi connectivity index (χ0n) is 13.2. The number of pyridine rings is 1. The summed E-state index contributed by atoms with van der Waals surface area (Å²) in [4.78, 5) is 5.95. The number of thioether (sulfide) groups is 1. The predicted molar refractivity (Wildman–Crippen MR) is 97.0 cm³/mol. The fraction of sp³-hybridized carbons (Fsp3) is 0.211. The van der Waals surface area contributed by atoms with Crippen LogP contribution in [-0.2, 0) is 6.42 Å². The van der Waals surface area contributed by atoms with Gasteiger partial charge in [-0.05, 0) is 55.2 Å². The Bertz CT molecular complexity index is 921. The number of nitrogens with one attached hydrogen (secondary N) is 1. The maximum Gasteiger partial charge on any atom is 0.120 e. The second kappa shape index (κ2) is 5.46. The highest BCUT2D eigenvalue weighted by molar-refractivity contribution is 7.99. The summed E-state index contributed by atoms with van der Waals surface area (Å²) in [7, 11) is 0. The molecule has 0 spiro atoms. The molecular formula is C19H18N2OS. The van der Waals surface area contributed by atoms with Gasteiger partial charge in [-0.15, -0.1) is 11.8 Å². The molecule has 0 atom stereocenters. The number of fused-ring (bicyclic) bond motifs is 3. The third kappa shape index (κ3) is 2.43. The largest absolute Gasteiger partial charge is 0.508 e. The molecule has 0 unspecified atom stereocenters. The number of phenolic OH excluding ortho intramolecular Hbond substituents is 1. The van der Waals surface area contributed by atoms with Gasteiger partial charge in [-0.3, -0.25) is 4.98 Å². The number of phenols is 1. The first-order valence-corrected chi connectivity index (χ1v) is 8.72. The molecule has 1 aliphatic heterocycles. The van der Waals surface area contributed by atoms with Crippen LogP contribution in [0.5, 0.6) is 5.75 Å². The lowest BCUT2D eigenvalue weighted by Crippen LogP contribution is -1.99. The number of nitrogens with zero attached hydrogens (tertiary/aromatic N) is 1. The molecule has 116 valence electrons. The average molecular weight is 322 g/mol. The van der Waals surface area contributed by atoms with Crippen LogP contribution in [0, 0.1) is 13.8 Å². The molecule has 2 heterocycles. The van der Waals surface area contributed by atoms with Crippen molar-refractivity contribution in [3.8, 4) is 5.75 Å². The molecule has 23 heavy (non-hydrogen) atoms. The summed E-state index contributed by atoms with van der Waals surface area (Å²) in [6.07, 6.45) is 2.99. The van der Waals surface area contributed by atoms with Crippen molar-refractivity contribution in [2.45, 2.75) is 25.2 Å². The van der Waals surface area contributed by atoms with Crippen LogP contribution in [-0.4, -0.2) is 15.8 Å². The smallest absolute Gasteiger partial charge is 0.120 e. The third-order valence-electron chi connectivity index (χ3n) is 4.38. The van der Waals surface area contributed by atoms with Gasteiger partial charge in [-0.1, -0.05) is 6.07 Å². The van der Waals surface area contributed by atoms with Crippen LogP contribution in [0.25, 0.3) is 10.9 Å². The van der Waals surface area contributed by atoms with Crippen molar-refractivity contribution in [3.05, 3.63) is 53.2 Å². The van der Waals surface area contributed by atoms with E-state index in [0.717, 1.165) is 40.2 Å². The number of aryl methyl sites for hydroxylation is 3. The number of hydrogen-bond donors (Lipinski definition) is 2. The number of aromatic hydroxyl groups is 1. The fourth-order valence-corrected chi connectivity index (χ4v) is 4.14. The molecule has 0 amide bonds. The molecule has 0 aliphatic carbocycles. The van der Waals surface area contributed by atoms with Crippen molar-refractivity contribution in [2.24, 2.45) is 0 Å². The summed E-state index contributed by atoms with van der Waals surface area (Å²) in [5.41, 5.74) is 6.40. The molecule has 2 aromatic carbocycles. The lowest BCUT2D eigenvalue weighted by atomic mass is 10.0. The molecule has 3 nitrogen and oxygen atoms in total.